The van der Waals surface area contributed by atoms with Crippen LogP contribution in [0, 0.1) is 6.92 Å². The summed E-state index contributed by atoms with van der Waals surface area (Å²) in [4.78, 5) is 28.5. The van der Waals surface area contributed by atoms with Gasteiger partial charge in [0.25, 0.3) is 0 Å². The number of carbonyl (C=O) groups excluding carboxylic acids is 2. The molecule has 0 aliphatic rings. The van der Waals surface area contributed by atoms with Crippen molar-refractivity contribution in [1.82, 2.24) is 9.55 Å². The Morgan fingerprint density at radius 3 is 2.78 bits per heavy atom. The molecule has 0 bridgehead atoms. The molecular formula is C20H19N3O3S. The van der Waals surface area contributed by atoms with E-state index in [1.165, 1.54) is 18.9 Å². The lowest BCUT2D eigenvalue weighted by Crippen LogP contribution is -2.17. The maximum atomic E-state index is 12.4. The number of aryl methyl sites for hydroxylation is 1. The van der Waals surface area contributed by atoms with E-state index in [9.17, 15) is 9.59 Å². The van der Waals surface area contributed by atoms with Gasteiger partial charge in [-0.2, -0.15) is 0 Å². The highest BCUT2D eigenvalue weighted by Crippen LogP contribution is 2.22. The second-order valence-electron chi connectivity index (χ2n) is 5.79. The predicted molar refractivity (Wildman–Crippen MR) is 105 cm³/mol. The number of carbonyl (C=O) groups is 2. The zero-order chi connectivity index (χ0) is 19.2. The summed E-state index contributed by atoms with van der Waals surface area (Å²) in [5, 5.41) is 3.48. The molecule has 1 N–H and O–H groups in total. The third-order valence-electron chi connectivity index (χ3n) is 3.83. The molecule has 0 spiro atoms. The minimum Gasteiger partial charge on any atom is -0.465 e. The van der Waals surface area contributed by atoms with Crippen molar-refractivity contribution < 1.29 is 14.3 Å². The quantitative estimate of drug-likeness (QED) is 0.521. The number of hydrogen-bond donors (Lipinski definition) is 1. The van der Waals surface area contributed by atoms with Crippen molar-refractivity contribution >= 4 is 29.3 Å². The Bertz CT molecular complexity index is 968. The van der Waals surface area contributed by atoms with Crippen LogP contribution in [0.2, 0.25) is 0 Å². The molecule has 3 rings (SSSR count). The first-order valence-electron chi connectivity index (χ1n) is 8.29. The van der Waals surface area contributed by atoms with E-state index in [2.05, 4.69) is 16.4 Å². The summed E-state index contributed by atoms with van der Waals surface area (Å²) in [5.41, 5.74) is 2.89. The molecule has 3 aromatic rings. The van der Waals surface area contributed by atoms with Crippen LogP contribution < -0.4 is 5.32 Å². The number of anilines is 1. The topological polar surface area (TPSA) is 73.2 Å². The Morgan fingerprint density at radius 1 is 1.19 bits per heavy atom. The van der Waals surface area contributed by atoms with Gasteiger partial charge in [0.05, 0.1) is 24.1 Å². The van der Waals surface area contributed by atoms with Gasteiger partial charge < -0.3 is 10.1 Å². The van der Waals surface area contributed by atoms with E-state index in [-0.39, 0.29) is 11.7 Å². The summed E-state index contributed by atoms with van der Waals surface area (Å²) in [5.74, 6) is -0.554. The van der Waals surface area contributed by atoms with Gasteiger partial charge in [-0.05, 0) is 36.8 Å². The second-order valence-corrected chi connectivity index (χ2v) is 6.74. The van der Waals surface area contributed by atoms with Gasteiger partial charge in [-0.15, -0.1) is 0 Å². The van der Waals surface area contributed by atoms with Crippen molar-refractivity contribution in [3.63, 3.8) is 0 Å². The Labute approximate surface area is 161 Å². The van der Waals surface area contributed by atoms with Crippen LogP contribution in [-0.4, -0.2) is 34.3 Å². The lowest BCUT2D eigenvalue weighted by atomic mass is 10.2. The number of thioether (sulfide) groups is 1. The number of nitrogens with zero attached hydrogens (tertiary/aromatic N) is 2. The van der Waals surface area contributed by atoms with Gasteiger partial charge in [-0.3, -0.25) is 9.36 Å². The SMILES string of the molecule is COC(=O)c1ccccc1NC(=O)CSc1nccn1-c1cccc(C)c1. The fourth-order valence-corrected chi connectivity index (χ4v) is 3.34. The van der Waals surface area contributed by atoms with Crippen molar-refractivity contribution in [3.05, 3.63) is 72.1 Å². The van der Waals surface area contributed by atoms with Crippen LogP contribution in [0.15, 0.2) is 66.1 Å². The first kappa shape index (κ1) is 18.7. The molecule has 0 aliphatic heterocycles. The number of nitrogens with one attached hydrogen (secondary N) is 1. The van der Waals surface area contributed by atoms with Gasteiger partial charge in [-0.1, -0.05) is 36.0 Å². The second kappa shape index (κ2) is 8.55. The molecule has 0 fully saturated rings. The third kappa shape index (κ3) is 4.57. The lowest BCUT2D eigenvalue weighted by molar-refractivity contribution is -0.113. The number of rotatable bonds is 6. The predicted octanol–water partition coefficient (Wildman–Crippen LogP) is 3.70. The van der Waals surface area contributed by atoms with E-state index in [0.717, 1.165) is 16.4 Å². The molecule has 1 heterocycles. The van der Waals surface area contributed by atoms with E-state index in [1.807, 2.05) is 35.9 Å². The molecule has 0 atom stereocenters. The highest BCUT2D eigenvalue weighted by atomic mass is 32.2. The highest BCUT2D eigenvalue weighted by Gasteiger charge is 2.14. The van der Waals surface area contributed by atoms with Gasteiger partial charge in [-0.25, -0.2) is 9.78 Å². The van der Waals surface area contributed by atoms with Gasteiger partial charge in [0.2, 0.25) is 5.91 Å². The standard InChI is InChI=1S/C20H19N3O3S/c1-14-6-5-7-15(12-14)23-11-10-21-20(23)27-13-18(24)22-17-9-4-3-8-16(17)19(25)26-2/h3-12H,13H2,1-2H3,(H,22,24). The summed E-state index contributed by atoms with van der Waals surface area (Å²) in [7, 11) is 1.31. The van der Waals surface area contributed by atoms with Crippen molar-refractivity contribution in [3.8, 4) is 5.69 Å². The maximum Gasteiger partial charge on any atom is 0.339 e. The average Bonchev–Trinajstić information content (AvgIpc) is 3.15. The van der Waals surface area contributed by atoms with Gasteiger partial charge in [0.15, 0.2) is 5.16 Å². The molecule has 1 amide bonds. The summed E-state index contributed by atoms with van der Waals surface area (Å²) in [6, 6.07) is 14.8. The van der Waals surface area contributed by atoms with E-state index in [1.54, 1.807) is 30.5 Å². The molecule has 0 radical (unpaired) electrons. The first-order chi connectivity index (χ1) is 13.1. The van der Waals surface area contributed by atoms with Crippen LogP contribution >= 0.6 is 11.8 Å². The maximum absolute atomic E-state index is 12.4. The van der Waals surface area contributed by atoms with E-state index < -0.39 is 5.97 Å². The molecule has 2 aromatic carbocycles. The normalized spacial score (nSPS) is 10.4. The third-order valence-corrected chi connectivity index (χ3v) is 4.79. The van der Waals surface area contributed by atoms with Gasteiger partial charge in [0.1, 0.15) is 0 Å². The lowest BCUT2D eigenvalue weighted by Gasteiger charge is -2.10. The molecule has 1 aromatic heterocycles. The van der Waals surface area contributed by atoms with Crippen LogP contribution in [0.3, 0.4) is 0 Å². The number of benzene rings is 2. The van der Waals surface area contributed by atoms with Crippen molar-refractivity contribution in [2.75, 3.05) is 18.2 Å². The number of amides is 1. The van der Waals surface area contributed by atoms with Crippen molar-refractivity contribution in [2.24, 2.45) is 0 Å². The number of para-hydroxylation sites is 1. The van der Waals surface area contributed by atoms with Crippen LogP contribution in [0.4, 0.5) is 5.69 Å². The minimum atomic E-state index is -0.492. The van der Waals surface area contributed by atoms with Gasteiger partial charge in [0, 0.05) is 18.1 Å². The summed E-state index contributed by atoms with van der Waals surface area (Å²) >= 11 is 1.33. The Morgan fingerprint density at radius 2 is 2.00 bits per heavy atom. The molecule has 6 nitrogen and oxygen atoms in total. The molecule has 0 saturated heterocycles. The van der Waals surface area contributed by atoms with E-state index in [4.69, 9.17) is 4.74 Å². The van der Waals surface area contributed by atoms with Crippen LogP contribution in [0.1, 0.15) is 15.9 Å². The van der Waals surface area contributed by atoms with Crippen LogP contribution in [0.25, 0.3) is 5.69 Å². The van der Waals surface area contributed by atoms with Crippen molar-refractivity contribution in [2.45, 2.75) is 12.1 Å². The number of ether oxygens (including phenoxy) is 1. The van der Waals surface area contributed by atoms with Gasteiger partial charge >= 0.3 is 5.97 Å². The smallest absolute Gasteiger partial charge is 0.339 e. The fourth-order valence-electron chi connectivity index (χ4n) is 2.57. The monoisotopic (exact) mass is 381 g/mol. The number of esters is 1. The molecule has 27 heavy (non-hydrogen) atoms. The average molecular weight is 381 g/mol. The fraction of sp³-hybridized carbons (Fsp3) is 0.150. The Hall–Kier alpha value is -3.06. The minimum absolute atomic E-state index is 0.165. The molecule has 0 unspecified atom stereocenters. The zero-order valence-electron chi connectivity index (χ0n) is 15.0. The van der Waals surface area contributed by atoms with E-state index in [0.29, 0.717) is 11.3 Å². The summed E-state index contributed by atoms with van der Waals surface area (Å²) < 4.78 is 6.68. The number of hydrogen-bond acceptors (Lipinski definition) is 5. The largest absolute Gasteiger partial charge is 0.465 e. The van der Waals surface area contributed by atoms with Crippen LogP contribution in [0.5, 0.6) is 0 Å². The highest BCUT2D eigenvalue weighted by molar-refractivity contribution is 7.99. The molecular weight excluding hydrogens is 362 g/mol. The molecule has 0 saturated carbocycles. The number of imidazole rings is 1. The van der Waals surface area contributed by atoms with E-state index >= 15 is 0 Å². The molecule has 0 aliphatic carbocycles. The Balaban J connectivity index is 1.68. The summed E-state index contributed by atoms with van der Waals surface area (Å²) in [6.07, 6.45) is 3.57. The zero-order valence-corrected chi connectivity index (χ0v) is 15.8. The number of methoxy groups -OCH3 is 1. The molecule has 138 valence electrons. The number of aromatic nitrogens is 2. The molecule has 7 heteroatoms. The van der Waals surface area contributed by atoms with Crippen LogP contribution in [-0.2, 0) is 9.53 Å². The van der Waals surface area contributed by atoms with Crippen molar-refractivity contribution in [1.29, 1.82) is 0 Å². The Kier molecular flexibility index (Phi) is 5.93. The first-order valence-corrected chi connectivity index (χ1v) is 9.27. The summed E-state index contributed by atoms with van der Waals surface area (Å²) in [6.45, 7) is 2.03.